The molecule has 2 aromatic rings. The molecule has 1 atom stereocenters. The monoisotopic (exact) mass is 395 g/mol. The van der Waals surface area contributed by atoms with Crippen LogP contribution in [-0.2, 0) is 17.8 Å². The van der Waals surface area contributed by atoms with Crippen LogP contribution in [-0.4, -0.2) is 17.5 Å². The minimum absolute atomic E-state index is 0.0809. The zero-order chi connectivity index (χ0) is 16.2. The number of hydrogen-bond acceptors (Lipinski definition) is 3. The van der Waals surface area contributed by atoms with Crippen molar-refractivity contribution in [2.75, 3.05) is 6.79 Å². The van der Waals surface area contributed by atoms with Crippen LogP contribution in [0.4, 0.5) is 0 Å². The number of halogens is 2. The zero-order valence-corrected chi connectivity index (χ0v) is 14.6. The summed E-state index contributed by atoms with van der Waals surface area (Å²) < 4.78 is 10.6. The Bertz CT molecular complexity index is 723. The Kier molecular flexibility index (Phi) is 5.08. The molecule has 120 valence electrons. The molecule has 1 amide bonds. The van der Waals surface area contributed by atoms with Gasteiger partial charge < -0.3 is 14.8 Å². The number of rotatable bonds is 5. The van der Waals surface area contributed by atoms with Gasteiger partial charge in [-0.15, -0.1) is 0 Å². The van der Waals surface area contributed by atoms with E-state index < -0.39 is 0 Å². The van der Waals surface area contributed by atoms with Gasteiger partial charge in [-0.25, -0.2) is 0 Å². The molecule has 1 aliphatic heterocycles. The smallest absolute Gasteiger partial charge is 0.234 e. The van der Waals surface area contributed by atoms with Gasteiger partial charge in [0.25, 0.3) is 0 Å². The molecule has 0 aliphatic carbocycles. The highest BCUT2D eigenvalue weighted by atomic mass is 79.9. The lowest BCUT2D eigenvalue weighted by Gasteiger charge is -2.12. The first kappa shape index (κ1) is 16.1. The molecular formula is C17H15BrClNO3. The first-order valence-electron chi connectivity index (χ1n) is 7.17. The van der Waals surface area contributed by atoms with Gasteiger partial charge in [0.05, 0.1) is 4.83 Å². The lowest BCUT2D eigenvalue weighted by molar-refractivity contribution is -0.120. The van der Waals surface area contributed by atoms with Crippen molar-refractivity contribution in [1.29, 1.82) is 0 Å². The number of benzene rings is 2. The Morgan fingerprint density at radius 1 is 1.22 bits per heavy atom. The van der Waals surface area contributed by atoms with Gasteiger partial charge in [0.15, 0.2) is 11.5 Å². The number of amides is 1. The van der Waals surface area contributed by atoms with E-state index in [1.54, 1.807) is 0 Å². The van der Waals surface area contributed by atoms with E-state index in [2.05, 4.69) is 21.2 Å². The number of fused-ring (bicyclic) bond motifs is 1. The third-order valence-electron chi connectivity index (χ3n) is 3.55. The van der Waals surface area contributed by atoms with Gasteiger partial charge >= 0.3 is 0 Å². The summed E-state index contributed by atoms with van der Waals surface area (Å²) in [7, 11) is 0. The van der Waals surface area contributed by atoms with Crippen LogP contribution < -0.4 is 14.8 Å². The summed E-state index contributed by atoms with van der Waals surface area (Å²) in [5, 5.41) is 3.57. The highest BCUT2D eigenvalue weighted by molar-refractivity contribution is 9.10. The van der Waals surface area contributed by atoms with E-state index in [9.17, 15) is 4.79 Å². The summed E-state index contributed by atoms with van der Waals surface area (Å²) in [5.74, 6) is 1.36. The topological polar surface area (TPSA) is 47.6 Å². The Labute approximate surface area is 147 Å². The molecule has 0 aromatic heterocycles. The SMILES string of the molecule is O=C(NCc1ccc2c(c1)OCO2)C(Br)Cc1ccccc1Cl. The molecule has 1 aliphatic rings. The van der Waals surface area contributed by atoms with Crippen molar-refractivity contribution < 1.29 is 14.3 Å². The molecule has 0 fully saturated rings. The first-order chi connectivity index (χ1) is 11.1. The third kappa shape index (κ3) is 3.98. The van der Waals surface area contributed by atoms with Gasteiger partial charge in [-0.2, -0.15) is 0 Å². The number of carbonyl (C=O) groups excluding carboxylic acids is 1. The van der Waals surface area contributed by atoms with Crippen molar-refractivity contribution >= 4 is 33.4 Å². The Balaban J connectivity index is 1.55. The second-order valence-corrected chi connectivity index (χ2v) is 6.68. The Morgan fingerprint density at radius 2 is 2.00 bits per heavy atom. The van der Waals surface area contributed by atoms with E-state index in [1.165, 1.54) is 0 Å². The summed E-state index contributed by atoms with van der Waals surface area (Å²) in [5.41, 5.74) is 1.90. The zero-order valence-electron chi connectivity index (χ0n) is 12.2. The molecule has 2 aromatic carbocycles. The summed E-state index contributed by atoms with van der Waals surface area (Å²) in [4.78, 5) is 11.9. The lowest BCUT2D eigenvalue weighted by Crippen LogP contribution is -2.31. The van der Waals surface area contributed by atoms with Gasteiger partial charge in [0.1, 0.15) is 0 Å². The molecule has 4 nitrogen and oxygen atoms in total. The van der Waals surface area contributed by atoms with Crippen molar-refractivity contribution in [3.63, 3.8) is 0 Å². The minimum atomic E-state index is -0.337. The van der Waals surface area contributed by atoms with E-state index in [-0.39, 0.29) is 17.5 Å². The highest BCUT2D eigenvalue weighted by Gasteiger charge is 2.17. The number of nitrogens with one attached hydrogen (secondary N) is 1. The van der Waals surface area contributed by atoms with Gasteiger partial charge in [-0.3, -0.25) is 4.79 Å². The maximum atomic E-state index is 12.2. The van der Waals surface area contributed by atoms with Crippen LogP contribution in [0.2, 0.25) is 5.02 Å². The quantitative estimate of drug-likeness (QED) is 0.784. The second kappa shape index (κ2) is 7.23. The highest BCUT2D eigenvalue weighted by Crippen LogP contribution is 2.32. The van der Waals surface area contributed by atoms with Crippen LogP contribution in [0.5, 0.6) is 11.5 Å². The molecule has 0 saturated carbocycles. The molecular weight excluding hydrogens is 382 g/mol. The van der Waals surface area contributed by atoms with Crippen LogP contribution in [0.15, 0.2) is 42.5 Å². The molecule has 0 spiro atoms. The number of carbonyl (C=O) groups is 1. The van der Waals surface area contributed by atoms with E-state index in [0.717, 1.165) is 16.9 Å². The van der Waals surface area contributed by atoms with Crippen molar-refractivity contribution in [3.05, 3.63) is 58.6 Å². The summed E-state index contributed by atoms with van der Waals surface area (Å²) in [6.07, 6.45) is 0.534. The normalized spacial score (nSPS) is 13.7. The minimum Gasteiger partial charge on any atom is -0.454 e. The van der Waals surface area contributed by atoms with Crippen LogP contribution in [0.3, 0.4) is 0 Å². The van der Waals surface area contributed by atoms with Crippen molar-refractivity contribution in [1.82, 2.24) is 5.32 Å². The van der Waals surface area contributed by atoms with Crippen molar-refractivity contribution in [2.45, 2.75) is 17.8 Å². The average Bonchev–Trinajstić information content (AvgIpc) is 3.02. The molecule has 23 heavy (non-hydrogen) atoms. The molecule has 0 bridgehead atoms. The molecule has 0 radical (unpaired) electrons. The van der Waals surface area contributed by atoms with E-state index in [0.29, 0.717) is 23.7 Å². The predicted octanol–water partition coefficient (Wildman–Crippen LogP) is 3.69. The molecule has 1 heterocycles. The van der Waals surface area contributed by atoms with E-state index in [4.69, 9.17) is 21.1 Å². The van der Waals surface area contributed by atoms with Gasteiger partial charge in [-0.05, 0) is 35.7 Å². The van der Waals surface area contributed by atoms with Gasteiger partial charge in [-0.1, -0.05) is 51.8 Å². The van der Waals surface area contributed by atoms with E-state index in [1.807, 2.05) is 42.5 Å². The summed E-state index contributed by atoms with van der Waals surface area (Å²) >= 11 is 9.54. The third-order valence-corrected chi connectivity index (χ3v) is 4.65. The Hall–Kier alpha value is -1.72. The maximum Gasteiger partial charge on any atom is 0.234 e. The summed E-state index contributed by atoms with van der Waals surface area (Å²) in [6.45, 7) is 0.673. The average molecular weight is 397 g/mol. The number of ether oxygens (including phenoxy) is 2. The molecule has 0 saturated heterocycles. The van der Waals surface area contributed by atoms with Crippen molar-refractivity contribution in [3.8, 4) is 11.5 Å². The van der Waals surface area contributed by atoms with Crippen LogP contribution >= 0.6 is 27.5 Å². The largest absolute Gasteiger partial charge is 0.454 e. The molecule has 1 N–H and O–H groups in total. The molecule has 6 heteroatoms. The fourth-order valence-electron chi connectivity index (χ4n) is 2.30. The maximum absolute atomic E-state index is 12.2. The molecule has 1 unspecified atom stereocenters. The van der Waals surface area contributed by atoms with Crippen LogP contribution in [0, 0.1) is 0 Å². The number of hydrogen-bond donors (Lipinski definition) is 1. The van der Waals surface area contributed by atoms with Gasteiger partial charge in [0.2, 0.25) is 12.7 Å². The second-order valence-electron chi connectivity index (χ2n) is 5.17. The standard InChI is InChI=1S/C17H15BrClNO3/c18-13(8-12-3-1-2-4-14(12)19)17(21)20-9-11-5-6-15-16(7-11)23-10-22-15/h1-7,13H,8-10H2,(H,20,21). The van der Waals surface area contributed by atoms with E-state index >= 15 is 0 Å². The van der Waals surface area contributed by atoms with Crippen molar-refractivity contribution in [2.24, 2.45) is 0 Å². The van der Waals surface area contributed by atoms with Crippen LogP contribution in [0.25, 0.3) is 0 Å². The van der Waals surface area contributed by atoms with Gasteiger partial charge in [0, 0.05) is 11.6 Å². The first-order valence-corrected chi connectivity index (χ1v) is 8.46. The van der Waals surface area contributed by atoms with Crippen LogP contribution in [0.1, 0.15) is 11.1 Å². The predicted molar refractivity (Wildman–Crippen MR) is 92.3 cm³/mol. The number of alkyl halides is 1. The lowest BCUT2D eigenvalue weighted by atomic mass is 10.1. The fraction of sp³-hybridized carbons (Fsp3) is 0.235. The molecule has 3 rings (SSSR count). The fourth-order valence-corrected chi connectivity index (χ4v) is 3.02. The Morgan fingerprint density at radius 3 is 2.83 bits per heavy atom. The summed E-state index contributed by atoms with van der Waals surface area (Å²) in [6, 6.07) is 13.1.